The summed E-state index contributed by atoms with van der Waals surface area (Å²) >= 11 is 7.52. The standard InChI is InChI=1S/C9H8Br2F3O2S2/c1-5-7(10)3-6(4-8(5,11)17-2)18(15,16)9(12,13)14/h3-4H,1-2H3. The lowest BCUT2D eigenvalue weighted by Gasteiger charge is -2.32. The number of rotatable bonds is 2. The molecule has 0 heterocycles. The molecule has 0 saturated heterocycles. The predicted octanol–water partition coefficient (Wildman–Crippen LogP) is 4.15. The maximum atomic E-state index is 12.5. The number of halogens is 5. The lowest BCUT2D eigenvalue weighted by molar-refractivity contribution is -0.0425. The van der Waals surface area contributed by atoms with Crippen molar-refractivity contribution in [1.82, 2.24) is 0 Å². The van der Waals surface area contributed by atoms with E-state index in [9.17, 15) is 21.6 Å². The van der Waals surface area contributed by atoms with Crippen LogP contribution in [0.25, 0.3) is 0 Å². The summed E-state index contributed by atoms with van der Waals surface area (Å²) in [6, 6.07) is 0. The smallest absolute Gasteiger partial charge is 0.214 e. The second-order valence-electron chi connectivity index (χ2n) is 3.46. The molecule has 103 valence electrons. The molecule has 1 unspecified atom stereocenters. The Morgan fingerprint density at radius 2 is 1.89 bits per heavy atom. The fourth-order valence-electron chi connectivity index (χ4n) is 1.23. The van der Waals surface area contributed by atoms with E-state index in [1.54, 1.807) is 13.2 Å². The molecule has 0 aliphatic heterocycles. The second-order valence-corrected chi connectivity index (χ2v) is 9.09. The molecule has 1 aliphatic rings. The minimum Gasteiger partial charge on any atom is -0.214 e. The van der Waals surface area contributed by atoms with Gasteiger partial charge in [-0.25, -0.2) is 8.42 Å². The Balaban J connectivity index is 3.40. The first kappa shape index (κ1) is 16.6. The largest absolute Gasteiger partial charge is 0.501 e. The van der Waals surface area contributed by atoms with Crippen molar-refractivity contribution in [3.8, 4) is 0 Å². The first-order chi connectivity index (χ1) is 7.95. The molecular weight excluding hydrogens is 421 g/mol. The van der Waals surface area contributed by atoms with Crippen LogP contribution in [0.4, 0.5) is 13.2 Å². The van der Waals surface area contributed by atoms with Crippen molar-refractivity contribution in [3.63, 3.8) is 0 Å². The fourth-order valence-corrected chi connectivity index (χ4v) is 4.56. The molecule has 0 N–H and O–H groups in total. The van der Waals surface area contributed by atoms with Gasteiger partial charge in [-0.2, -0.15) is 13.2 Å². The quantitative estimate of drug-likeness (QED) is 0.619. The molecule has 2 nitrogen and oxygen atoms in total. The monoisotopic (exact) mass is 427 g/mol. The third-order valence-electron chi connectivity index (χ3n) is 2.38. The van der Waals surface area contributed by atoms with E-state index >= 15 is 0 Å². The van der Waals surface area contributed by atoms with Gasteiger partial charge >= 0.3 is 5.51 Å². The van der Waals surface area contributed by atoms with Gasteiger partial charge in [-0.05, 0) is 18.4 Å². The molecule has 0 aromatic carbocycles. The van der Waals surface area contributed by atoms with Crippen molar-refractivity contribution in [1.29, 1.82) is 0 Å². The van der Waals surface area contributed by atoms with Crippen LogP contribution in [0.1, 0.15) is 6.92 Å². The SMILES string of the molecule is CSC1(Br)C=C(S(=O)(=O)C(F)(F)F)C=C(Br)[C]1C. The van der Waals surface area contributed by atoms with Crippen molar-refractivity contribution in [2.24, 2.45) is 0 Å². The van der Waals surface area contributed by atoms with E-state index in [0.29, 0.717) is 10.4 Å². The van der Waals surface area contributed by atoms with Crippen molar-refractivity contribution in [2.45, 2.75) is 16.1 Å². The van der Waals surface area contributed by atoms with Crippen LogP contribution < -0.4 is 0 Å². The molecule has 0 aromatic heterocycles. The molecule has 18 heavy (non-hydrogen) atoms. The summed E-state index contributed by atoms with van der Waals surface area (Å²) in [6.07, 6.45) is 3.69. The number of allylic oxidation sites excluding steroid dienone is 2. The van der Waals surface area contributed by atoms with E-state index in [4.69, 9.17) is 0 Å². The van der Waals surface area contributed by atoms with Gasteiger partial charge in [0.25, 0.3) is 9.84 Å². The predicted molar refractivity (Wildman–Crippen MR) is 74.2 cm³/mol. The molecule has 1 aliphatic carbocycles. The Bertz CT molecular complexity index is 510. The van der Waals surface area contributed by atoms with Crippen LogP contribution in [-0.2, 0) is 9.84 Å². The molecule has 0 saturated carbocycles. The molecule has 0 amide bonds. The van der Waals surface area contributed by atoms with Crippen LogP contribution in [0, 0.1) is 5.92 Å². The highest BCUT2D eigenvalue weighted by atomic mass is 79.9. The van der Waals surface area contributed by atoms with E-state index in [1.165, 1.54) is 11.8 Å². The van der Waals surface area contributed by atoms with Gasteiger partial charge in [0.2, 0.25) is 0 Å². The minimum absolute atomic E-state index is 0.319. The molecule has 0 aromatic rings. The lowest BCUT2D eigenvalue weighted by atomic mass is 10.0. The van der Waals surface area contributed by atoms with Gasteiger partial charge in [-0.15, -0.1) is 11.8 Å². The summed E-state index contributed by atoms with van der Waals surface area (Å²) in [5.41, 5.74) is -5.31. The highest BCUT2D eigenvalue weighted by Crippen LogP contribution is 2.50. The van der Waals surface area contributed by atoms with Gasteiger partial charge in [0.05, 0.1) is 4.91 Å². The molecule has 1 radical (unpaired) electrons. The summed E-state index contributed by atoms with van der Waals surface area (Å²) in [5, 5.41) is 0. The summed E-state index contributed by atoms with van der Waals surface area (Å²) in [5.74, 6) is 0.691. The molecule has 9 heteroatoms. The normalized spacial score (nSPS) is 26.8. The zero-order valence-electron chi connectivity index (χ0n) is 9.18. The summed E-state index contributed by atoms with van der Waals surface area (Å²) < 4.78 is 59.6. The summed E-state index contributed by atoms with van der Waals surface area (Å²) in [7, 11) is -5.34. The summed E-state index contributed by atoms with van der Waals surface area (Å²) in [6.45, 7) is 1.69. The van der Waals surface area contributed by atoms with Crippen molar-refractivity contribution in [2.75, 3.05) is 6.26 Å². The van der Waals surface area contributed by atoms with E-state index in [2.05, 4.69) is 31.9 Å². The zero-order chi connectivity index (χ0) is 14.4. The third-order valence-corrected chi connectivity index (χ3v) is 7.48. The number of sulfone groups is 1. The third kappa shape index (κ3) is 2.83. The lowest BCUT2D eigenvalue weighted by Crippen LogP contribution is -2.30. The van der Waals surface area contributed by atoms with E-state index in [1.807, 2.05) is 0 Å². The topological polar surface area (TPSA) is 34.1 Å². The van der Waals surface area contributed by atoms with Crippen molar-refractivity contribution < 1.29 is 21.6 Å². The van der Waals surface area contributed by atoms with E-state index in [0.717, 1.165) is 12.2 Å². The van der Waals surface area contributed by atoms with Gasteiger partial charge in [0.1, 0.15) is 3.66 Å². The minimum atomic E-state index is -5.34. The van der Waals surface area contributed by atoms with Crippen LogP contribution in [0.3, 0.4) is 0 Å². The van der Waals surface area contributed by atoms with Crippen molar-refractivity contribution in [3.05, 3.63) is 27.5 Å². The van der Waals surface area contributed by atoms with Crippen LogP contribution in [0.15, 0.2) is 21.5 Å². The molecule has 1 atom stereocenters. The number of alkyl halides is 4. The Labute approximate surface area is 124 Å². The van der Waals surface area contributed by atoms with Gasteiger partial charge in [0, 0.05) is 10.4 Å². The molecule has 0 fully saturated rings. The average molecular weight is 429 g/mol. The van der Waals surface area contributed by atoms with Crippen LogP contribution in [0.2, 0.25) is 0 Å². The first-order valence-corrected chi connectivity index (χ1v) is 8.75. The van der Waals surface area contributed by atoms with Gasteiger partial charge in [0.15, 0.2) is 0 Å². The van der Waals surface area contributed by atoms with Gasteiger partial charge in [-0.3, -0.25) is 0 Å². The first-order valence-electron chi connectivity index (χ1n) is 4.45. The number of thioether (sulfide) groups is 1. The van der Waals surface area contributed by atoms with E-state index in [-0.39, 0.29) is 0 Å². The Kier molecular flexibility index (Phi) is 4.73. The van der Waals surface area contributed by atoms with Crippen molar-refractivity contribution >= 4 is 53.5 Å². The van der Waals surface area contributed by atoms with E-state index < -0.39 is 23.9 Å². The number of hydrogen-bond acceptors (Lipinski definition) is 3. The molecule has 1 rings (SSSR count). The van der Waals surface area contributed by atoms with Crippen LogP contribution in [-0.4, -0.2) is 23.8 Å². The van der Waals surface area contributed by atoms with Gasteiger partial charge < -0.3 is 0 Å². The highest BCUT2D eigenvalue weighted by molar-refractivity contribution is 9.12. The zero-order valence-corrected chi connectivity index (χ0v) is 14.0. The van der Waals surface area contributed by atoms with Crippen LogP contribution >= 0.6 is 43.6 Å². The molecular formula is C9H8Br2F3O2S2. The maximum Gasteiger partial charge on any atom is 0.501 e. The molecule has 0 bridgehead atoms. The van der Waals surface area contributed by atoms with Gasteiger partial charge in [-0.1, -0.05) is 38.8 Å². The Morgan fingerprint density at radius 1 is 1.39 bits per heavy atom. The summed E-state index contributed by atoms with van der Waals surface area (Å²) in [4.78, 5) is -0.765. The number of hydrogen-bond donors (Lipinski definition) is 0. The maximum absolute atomic E-state index is 12.5. The fraction of sp³-hybridized carbons (Fsp3) is 0.444. The average Bonchev–Trinajstić information content (AvgIpc) is 2.23. The highest BCUT2D eigenvalue weighted by Gasteiger charge is 2.50. The Hall–Kier alpha value is 0.530. The molecule has 0 spiro atoms. The second kappa shape index (κ2) is 5.14. The Morgan fingerprint density at radius 3 is 2.28 bits per heavy atom. The van der Waals surface area contributed by atoms with Crippen LogP contribution in [0.5, 0.6) is 0 Å².